The number of ether oxygens (including phenoxy) is 4. The van der Waals surface area contributed by atoms with Crippen molar-refractivity contribution in [2.24, 2.45) is 5.41 Å². The summed E-state index contributed by atoms with van der Waals surface area (Å²) in [6.07, 6.45) is 0.873. The molecule has 3 aromatic rings. The summed E-state index contributed by atoms with van der Waals surface area (Å²) in [7, 11) is 3.15. The zero-order valence-electron chi connectivity index (χ0n) is 24.4. The molecule has 0 aromatic heterocycles. The number of hydrogen-bond acceptors (Lipinski definition) is 7. The van der Waals surface area contributed by atoms with Crippen LogP contribution in [0.4, 0.5) is 5.69 Å². The van der Waals surface area contributed by atoms with Crippen LogP contribution in [-0.4, -0.2) is 37.7 Å². The Hall–Kier alpha value is -4.72. The molecular formula is C34H34N2O6. The van der Waals surface area contributed by atoms with E-state index in [-0.39, 0.29) is 29.6 Å². The van der Waals surface area contributed by atoms with Crippen LogP contribution in [-0.2, 0) is 4.79 Å². The van der Waals surface area contributed by atoms with Crippen LogP contribution < -0.4 is 23.8 Å². The molecule has 1 aliphatic carbocycles. The first-order chi connectivity index (χ1) is 20.1. The quantitative estimate of drug-likeness (QED) is 0.323. The van der Waals surface area contributed by atoms with Crippen molar-refractivity contribution in [3.63, 3.8) is 0 Å². The standard InChI is InChI=1S/C34H34N2O6/c1-19-6-8-20(9-7-19)32(38)31-29(21-10-12-27-28(14-21)42-18-41-27)30-24(16-34(2,3)17-25(30)37)36(33(31)35)23-15-22(39-4)11-13-26(23)40-5/h6-15,29,35,38H,16-18H2,1-5H3. The van der Waals surface area contributed by atoms with Crippen LogP contribution in [0.2, 0.25) is 0 Å². The van der Waals surface area contributed by atoms with E-state index in [1.165, 1.54) is 0 Å². The highest BCUT2D eigenvalue weighted by Crippen LogP contribution is 2.53. The van der Waals surface area contributed by atoms with Crippen LogP contribution in [0.15, 0.2) is 77.5 Å². The van der Waals surface area contributed by atoms with Crippen molar-refractivity contribution in [1.29, 1.82) is 5.41 Å². The fourth-order valence-corrected chi connectivity index (χ4v) is 6.14. The third-order valence-electron chi connectivity index (χ3n) is 8.16. The smallest absolute Gasteiger partial charge is 0.231 e. The van der Waals surface area contributed by atoms with Gasteiger partial charge in [-0.2, -0.15) is 0 Å². The molecule has 216 valence electrons. The van der Waals surface area contributed by atoms with Gasteiger partial charge in [-0.05, 0) is 48.6 Å². The van der Waals surface area contributed by atoms with Crippen LogP contribution in [0.25, 0.3) is 5.76 Å². The summed E-state index contributed by atoms with van der Waals surface area (Å²) in [6, 6.07) is 18.4. The van der Waals surface area contributed by atoms with Gasteiger partial charge in [0.2, 0.25) is 6.79 Å². The van der Waals surface area contributed by atoms with Crippen LogP contribution in [0.3, 0.4) is 0 Å². The number of rotatable bonds is 5. The van der Waals surface area contributed by atoms with Crippen molar-refractivity contribution in [2.75, 3.05) is 25.9 Å². The van der Waals surface area contributed by atoms with E-state index in [1.54, 1.807) is 37.3 Å². The molecule has 0 fully saturated rings. The highest BCUT2D eigenvalue weighted by atomic mass is 16.7. The van der Waals surface area contributed by atoms with Crippen molar-refractivity contribution in [3.05, 3.63) is 94.2 Å². The maximum Gasteiger partial charge on any atom is 0.231 e. The number of ketones is 1. The maximum absolute atomic E-state index is 14.2. The number of hydrogen-bond donors (Lipinski definition) is 2. The van der Waals surface area contributed by atoms with Gasteiger partial charge in [-0.25, -0.2) is 0 Å². The zero-order chi connectivity index (χ0) is 29.8. The van der Waals surface area contributed by atoms with Gasteiger partial charge in [0, 0.05) is 40.8 Å². The van der Waals surface area contributed by atoms with E-state index in [0.29, 0.717) is 63.9 Å². The fourth-order valence-electron chi connectivity index (χ4n) is 6.14. The van der Waals surface area contributed by atoms with Gasteiger partial charge in [0.05, 0.1) is 19.9 Å². The Morgan fingerprint density at radius 3 is 2.43 bits per heavy atom. The SMILES string of the molecule is COc1ccc(OC)c(N2C(=N)C(=C(O)c3ccc(C)cc3)C(c3ccc4c(c3)OCO4)C3=C2CC(C)(C)CC3=O)c1. The van der Waals surface area contributed by atoms with Gasteiger partial charge in [0.1, 0.15) is 23.1 Å². The number of nitrogens with zero attached hydrogens (tertiary/aromatic N) is 1. The monoisotopic (exact) mass is 566 g/mol. The third-order valence-corrected chi connectivity index (χ3v) is 8.16. The van der Waals surface area contributed by atoms with Crippen molar-refractivity contribution >= 4 is 23.1 Å². The Morgan fingerprint density at radius 2 is 1.71 bits per heavy atom. The molecule has 0 bridgehead atoms. The van der Waals surface area contributed by atoms with Gasteiger partial charge in [0.25, 0.3) is 0 Å². The van der Waals surface area contributed by atoms with E-state index in [9.17, 15) is 15.3 Å². The molecule has 0 radical (unpaired) electrons. The number of carbonyl (C=O) groups excluding carboxylic acids is 1. The van der Waals surface area contributed by atoms with Crippen LogP contribution in [0.1, 0.15) is 49.3 Å². The third kappa shape index (κ3) is 4.57. The van der Waals surface area contributed by atoms with Gasteiger partial charge >= 0.3 is 0 Å². The Morgan fingerprint density at radius 1 is 0.976 bits per heavy atom. The lowest BCUT2D eigenvalue weighted by Crippen LogP contribution is -2.45. The summed E-state index contributed by atoms with van der Waals surface area (Å²) in [5.74, 6) is 1.51. The number of carbonyl (C=O) groups is 1. The molecule has 1 atom stereocenters. The predicted molar refractivity (Wildman–Crippen MR) is 161 cm³/mol. The van der Waals surface area contributed by atoms with E-state index >= 15 is 0 Å². The first-order valence-corrected chi connectivity index (χ1v) is 13.9. The zero-order valence-corrected chi connectivity index (χ0v) is 24.4. The number of benzene rings is 3. The molecule has 2 heterocycles. The number of Topliss-reactive ketones (excluding diaryl/α,β-unsaturated/α-hetero) is 1. The molecule has 0 saturated carbocycles. The van der Waals surface area contributed by atoms with E-state index in [0.717, 1.165) is 11.1 Å². The molecule has 6 rings (SSSR count). The highest BCUT2D eigenvalue weighted by Gasteiger charge is 2.47. The van der Waals surface area contributed by atoms with Gasteiger partial charge in [-0.3, -0.25) is 15.1 Å². The summed E-state index contributed by atoms with van der Waals surface area (Å²) in [4.78, 5) is 15.9. The number of amidine groups is 1. The second-order valence-electron chi connectivity index (χ2n) is 11.7. The number of aryl methyl sites for hydroxylation is 1. The van der Waals surface area contributed by atoms with Crippen molar-refractivity contribution < 1.29 is 28.8 Å². The lowest BCUT2D eigenvalue weighted by atomic mass is 9.67. The van der Waals surface area contributed by atoms with Gasteiger partial charge < -0.3 is 24.1 Å². The fraction of sp³-hybridized carbons (Fsp3) is 0.294. The maximum atomic E-state index is 14.2. The average molecular weight is 567 g/mol. The second-order valence-corrected chi connectivity index (χ2v) is 11.7. The minimum atomic E-state index is -0.709. The lowest BCUT2D eigenvalue weighted by Gasteiger charge is -2.45. The first kappa shape index (κ1) is 27.4. The number of fused-ring (bicyclic) bond motifs is 1. The molecule has 2 aliphatic heterocycles. The largest absolute Gasteiger partial charge is 0.507 e. The van der Waals surface area contributed by atoms with Crippen molar-refractivity contribution in [2.45, 2.75) is 39.5 Å². The van der Waals surface area contributed by atoms with E-state index < -0.39 is 5.92 Å². The minimum Gasteiger partial charge on any atom is -0.507 e. The Kier molecular flexibility index (Phi) is 6.72. The summed E-state index contributed by atoms with van der Waals surface area (Å²) < 4.78 is 22.5. The number of methoxy groups -OCH3 is 2. The molecule has 3 aromatic carbocycles. The minimum absolute atomic E-state index is 0.0301. The molecule has 1 unspecified atom stereocenters. The Bertz CT molecular complexity index is 1670. The van der Waals surface area contributed by atoms with Crippen molar-refractivity contribution in [3.8, 4) is 23.0 Å². The van der Waals surface area contributed by atoms with E-state index in [1.807, 2.05) is 49.4 Å². The normalized spacial score (nSPS) is 20.4. The topological polar surface area (TPSA) is 101 Å². The van der Waals surface area contributed by atoms with Crippen LogP contribution in [0, 0.1) is 17.7 Å². The summed E-state index contributed by atoms with van der Waals surface area (Å²) in [5, 5.41) is 21.7. The molecule has 2 N–H and O–H groups in total. The number of aliphatic hydroxyl groups is 1. The molecule has 0 saturated heterocycles. The Labute approximate surface area is 245 Å². The van der Waals surface area contributed by atoms with E-state index in [2.05, 4.69) is 13.8 Å². The van der Waals surface area contributed by atoms with Crippen LogP contribution in [0.5, 0.6) is 23.0 Å². The van der Waals surface area contributed by atoms with Crippen LogP contribution >= 0.6 is 0 Å². The molecule has 3 aliphatic rings. The number of aliphatic hydroxyl groups excluding tert-OH is 1. The second kappa shape index (κ2) is 10.3. The predicted octanol–water partition coefficient (Wildman–Crippen LogP) is 6.93. The summed E-state index contributed by atoms with van der Waals surface area (Å²) in [5.41, 5.74) is 4.10. The van der Waals surface area contributed by atoms with Gasteiger partial charge in [-0.15, -0.1) is 0 Å². The number of nitrogens with one attached hydrogen (secondary N) is 1. The molecule has 42 heavy (non-hydrogen) atoms. The molecule has 8 nitrogen and oxygen atoms in total. The van der Waals surface area contributed by atoms with Crippen molar-refractivity contribution in [1.82, 2.24) is 0 Å². The van der Waals surface area contributed by atoms with E-state index in [4.69, 9.17) is 18.9 Å². The lowest BCUT2D eigenvalue weighted by molar-refractivity contribution is -0.118. The first-order valence-electron chi connectivity index (χ1n) is 13.9. The number of anilines is 1. The van der Waals surface area contributed by atoms with Gasteiger partial charge in [-0.1, -0.05) is 49.7 Å². The molecular weight excluding hydrogens is 532 g/mol. The summed E-state index contributed by atoms with van der Waals surface area (Å²) in [6.45, 7) is 6.21. The number of allylic oxidation sites excluding steroid dienone is 2. The highest BCUT2D eigenvalue weighted by molar-refractivity contribution is 6.20. The average Bonchev–Trinajstić information content (AvgIpc) is 3.44. The molecule has 0 amide bonds. The Balaban J connectivity index is 1.69. The summed E-state index contributed by atoms with van der Waals surface area (Å²) >= 11 is 0. The molecule has 0 spiro atoms. The van der Waals surface area contributed by atoms with Gasteiger partial charge in [0.15, 0.2) is 17.3 Å². The molecule has 8 heteroatoms.